The van der Waals surface area contributed by atoms with Gasteiger partial charge in [0.25, 0.3) is 11.8 Å². The molecule has 1 aromatic carbocycles. The zero-order valence-electron chi connectivity index (χ0n) is 13.8. The highest BCUT2D eigenvalue weighted by Crippen LogP contribution is 2.23. The van der Waals surface area contributed by atoms with Crippen LogP contribution < -0.4 is 5.32 Å². The number of hydrogen-bond donors (Lipinski definition) is 2. The van der Waals surface area contributed by atoms with Crippen molar-refractivity contribution in [2.24, 2.45) is 0 Å². The van der Waals surface area contributed by atoms with Gasteiger partial charge in [-0.15, -0.1) is 0 Å². The lowest BCUT2D eigenvalue weighted by molar-refractivity contribution is 0.0792. The second-order valence-electron chi connectivity index (χ2n) is 6.18. The second kappa shape index (κ2) is 6.87. The molecule has 0 saturated carbocycles. The van der Waals surface area contributed by atoms with E-state index in [0.29, 0.717) is 16.8 Å². The van der Waals surface area contributed by atoms with Crippen LogP contribution >= 0.6 is 15.9 Å². The van der Waals surface area contributed by atoms with Crippen molar-refractivity contribution in [1.29, 1.82) is 0 Å². The smallest absolute Gasteiger partial charge is 0.274 e. The average Bonchev–Trinajstić information content (AvgIpc) is 3.31. The molecule has 1 aliphatic rings. The summed E-state index contributed by atoms with van der Waals surface area (Å²) in [6.07, 6.45) is 3.63. The average molecular weight is 414 g/mol. The van der Waals surface area contributed by atoms with Crippen LogP contribution in [-0.4, -0.2) is 45.0 Å². The highest BCUT2D eigenvalue weighted by molar-refractivity contribution is 9.10. The zero-order chi connectivity index (χ0) is 18.1. The predicted molar refractivity (Wildman–Crippen MR) is 101 cm³/mol. The summed E-state index contributed by atoms with van der Waals surface area (Å²) in [7, 11) is 0. The number of H-pyrrole nitrogens is 1. The number of rotatable bonds is 3. The first kappa shape index (κ1) is 16.7. The van der Waals surface area contributed by atoms with Crippen LogP contribution in [0.4, 0.5) is 5.69 Å². The standard InChI is InChI=1S/C18H16BrN5O2/c19-12-7-11(18(26)24-5-1-2-6-24)8-13(9-12)21-17(25)15-4-3-14-16(22-15)10-20-23-14/h3-4,7-10H,1-2,5-6H2,(H,20,23)(H,21,25). The Kier molecular flexibility index (Phi) is 4.42. The van der Waals surface area contributed by atoms with Gasteiger partial charge in [-0.2, -0.15) is 5.10 Å². The molecule has 7 nitrogen and oxygen atoms in total. The maximum atomic E-state index is 12.6. The van der Waals surface area contributed by atoms with Crippen molar-refractivity contribution < 1.29 is 9.59 Å². The molecular formula is C18H16BrN5O2. The minimum absolute atomic E-state index is 0.0164. The molecule has 0 aliphatic carbocycles. The highest BCUT2D eigenvalue weighted by atomic mass is 79.9. The number of anilines is 1. The monoisotopic (exact) mass is 413 g/mol. The van der Waals surface area contributed by atoms with E-state index in [2.05, 4.69) is 36.4 Å². The number of carbonyl (C=O) groups is 2. The third-order valence-corrected chi connectivity index (χ3v) is 4.78. The van der Waals surface area contributed by atoms with Crippen LogP contribution in [0.2, 0.25) is 0 Å². The largest absolute Gasteiger partial charge is 0.339 e. The van der Waals surface area contributed by atoms with Crippen LogP contribution in [0.1, 0.15) is 33.7 Å². The lowest BCUT2D eigenvalue weighted by Gasteiger charge is -2.16. The van der Waals surface area contributed by atoms with E-state index in [9.17, 15) is 9.59 Å². The van der Waals surface area contributed by atoms with Gasteiger partial charge in [-0.25, -0.2) is 4.98 Å². The molecule has 1 aliphatic heterocycles. The number of amides is 2. The van der Waals surface area contributed by atoms with E-state index in [1.165, 1.54) is 0 Å². The minimum Gasteiger partial charge on any atom is -0.339 e. The fourth-order valence-corrected chi connectivity index (χ4v) is 3.53. The van der Waals surface area contributed by atoms with Gasteiger partial charge in [-0.05, 0) is 43.2 Å². The third kappa shape index (κ3) is 3.32. The van der Waals surface area contributed by atoms with Crippen molar-refractivity contribution in [1.82, 2.24) is 20.1 Å². The van der Waals surface area contributed by atoms with Crippen LogP contribution in [0.3, 0.4) is 0 Å². The van der Waals surface area contributed by atoms with Gasteiger partial charge >= 0.3 is 0 Å². The summed E-state index contributed by atoms with van der Waals surface area (Å²) in [5, 5.41) is 9.50. The molecule has 0 bridgehead atoms. The van der Waals surface area contributed by atoms with Crippen molar-refractivity contribution in [2.45, 2.75) is 12.8 Å². The number of halogens is 1. The Morgan fingerprint density at radius 1 is 1.15 bits per heavy atom. The first-order valence-corrected chi connectivity index (χ1v) is 9.11. The number of likely N-dealkylation sites (tertiary alicyclic amines) is 1. The fourth-order valence-electron chi connectivity index (χ4n) is 3.04. The number of pyridine rings is 1. The van der Waals surface area contributed by atoms with Gasteiger partial charge in [0.15, 0.2) is 0 Å². The number of benzene rings is 1. The molecule has 3 aromatic rings. The maximum absolute atomic E-state index is 12.6. The quantitative estimate of drug-likeness (QED) is 0.689. The predicted octanol–water partition coefficient (Wildman–Crippen LogP) is 3.21. The number of nitrogens with zero attached hydrogens (tertiary/aromatic N) is 3. The molecule has 2 aromatic heterocycles. The summed E-state index contributed by atoms with van der Waals surface area (Å²) in [5.41, 5.74) is 2.77. The van der Waals surface area contributed by atoms with Gasteiger partial charge in [0.05, 0.1) is 11.7 Å². The van der Waals surface area contributed by atoms with Crippen LogP contribution in [0.15, 0.2) is 41.0 Å². The Hall–Kier alpha value is -2.74. The Morgan fingerprint density at radius 2 is 1.96 bits per heavy atom. The summed E-state index contributed by atoms with van der Waals surface area (Å²) in [5.74, 6) is -0.358. The molecule has 26 heavy (non-hydrogen) atoms. The molecule has 0 radical (unpaired) electrons. The van der Waals surface area contributed by atoms with Crippen molar-refractivity contribution in [2.75, 3.05) is 18.4 Å². The second-order valence-corrected chi connectivity index (χ2v) is 7.10. The topological polar surface area (TPSA) is 91.0 Å². The van der Waals surface area contributed by atoms with E-state index >= 15 is 0 Å². The molecule has 0 atom stereocenters. The lowest BCUT2D eigenvalue weighted by Crippen LogP contribution is -2.27. The fraction of sp³-hybridized carbons (Fsp3) is 0.222. The normalized spacial score (nSPS) is 14.0. The lowest BCUT2D eigenvalue weighted by atomic mass is 10.1. The van der Waals surface area contributed by atoms with Gasteiger partial charge in [0.1, 0.15) is 11.2 Å². The maximum Gasteiger partial charge on any atom is 0.274 e. The van der Waals surface area contributed by atoms with Crippen molar-refractivity contribution in [3.05, 3.63) is 52.3 Å². The molecule has 132 valence electrons. The van der Waals surface area contributed by atoms with E-state index in [-0.39, 0.29) is 17.5 Å². The molecule has 1 fully saturated rings. The summed E-state index contributed by atoms with van der Waals surface area (Å²) >= 11 is 3.41. The van der Waals surface area contributed by atoms with Crippen molar-refractivity contribution in [3.63, 3.8) is 0 Å². The Bertz CT molecular complexity index is 994. The molecule has 3 heterocycles. The van der Waals surface area contributed by atoms with Gasteiger partial charge in [-0.3, -0.25) is 14.7 Å². The molecule has 2 amide bonds. The van der Waals surface area contributed by atoms with Gasteiger partial charge in [0.2, 0.25) is 0 Å². The number of aromatic amines is 1. The van der Waals surface area contributed by atoms with Crippen molar-refractivity contribution >= 4 is 44.5 Å². The SMILES string of the molecule is O=C(Nc1cc(Br)cc(C(=O)N2CCCC2)c1)c1ccc2[nH]ncc2n1. The molecular weight excluding hydrogens is 398 g/mol. The first-order valence-electron chi connectivity index (χ1n) is 8.31. The summed E-state index contributed by atoms with van der Waals surface area (Å²) < 4.78 is 0.732. The van der Waals surface area contributed by atoms with Gasteiger partial charge in [-0.1, -0.05) is 15.9 Å². The number of aromatic nitrogens is 3. The molecule has 0 spiro atoms. The zero-order valence-corrected chi connectivity index (χ0v) is 15.4. The van der Waals surface area contributed by atoms with E-state index < -0.39 is 0 Å². The van der Waals surface area contributed by atoms with E-state index in [4.69, 9.17) is 0 Å². The van der Waals surface area contributed by atoms with Crippen LogP contribution in [0, 0.1) is 0 Å². The van der Waals surface area contributed by atoms with Crippen LogP contribution in [0.5, 0.6) is 0 Å². The number of fused-ring (bicyclic) bond motifs is 1. The highest BCUT2D eigenvalue weighted by Gasteiger charge is 2.20. The summed E-state index contributed by atoms with van der Waals surface area (Å²) in [4.78, 5) is 31.2. The Balaban J connectivity index is 1.57. The summed E-state index contributed by atoms with van der Waals surface area (Å²) in [6, 6.07) is 8.61. The minimum atomic E-state index is -0.342. The first-order chi connectivity index (χ1) is 12.6. The molecule has 2 N–H and O–H groups in total. The summed E-state index contributed by atoms with van der Waals surface area (Å²) in [6.45, 7) is 1.56. The van der Waals surface area contributed by atoms with Gasteiger partial charge < -0.3 is 10.2 Å². The third-order valence-electron chi connectivity index (χ3n) is 4.33. The van der Waals surface area contributed by atoms with E-state index in [0.717, 1.165) is 35.9 Å². The van der Waals surface area contributed by atoms with E-state index in [1.807, 2.05) is 4.90 Å². The molecule has 8 heteroatoms. The molecule has 4 rings (SSSR count). The Labute approximate surface area is 157 Å². The number of nitrogens with one attached hydrogen (secondary N) is 2. The molecule has 1 saturated heterocycles. The van der Waals surface area contributed by atoms with Gasteiger partial charge in [0, 0.05) is 28.8 Å². The van der Waals surface area contributed by atoms with Crippen LogP contribution in [-0.2, 0) is 0 Å². The van der Waals surface area contributed by atoms with Crippen LogP contribution in [0.25, 0.3) is 11.0 Å². The molecule has 0 unspecified atom stereocenters. The number of hydrogen-bond acceptors (Lipinski definition) is 4. The number of carbonyl (C=O) groups excluding carboxylic acids is 2. The van der Waals surface area contributed by atoms with E-state index in [1.54, 1.807) is 36.5 Å². The van der Waals surface area contributed by atoms with Crippen molar-refractivity contribution in [3.8, 4) is 0 Å². The Morgan fingerprint density at radius 3 is 2.77 bits per heavy atom.